The molecule has 1 aliphatic heterocycles. The first-order valence-corrected chi connectivity index (χ1v) is 9.11. The molecule has 1 aromatic heterocycles. The number of halogens is 1. The third kappa shape index (κ3) is 2.99. The van der Waals surface area contributed by atoms with Gasteiger partial charge in [0.15, 0.2) is 0 Å². The lowest BCUT2D eigenvalue weighted by molar-refractivity contribution is 0.0656. The number of hydrogen-bond donors (Lipinski definition) is 2. The zero-order chi connectivity index (χ0) is 16.6. The molecule has 9 heteroatoms. The van der Waals surface area contributed by atoms with E-state index in [2.05, 4.69) is 4.72 Å². The van der Waals surface area contributed by atoms with Crippen molar-refractivity contribution in [2.45, 2.75) is 22.3 Å². The molecule has 2 heterocycles. The van der Waals surface area contributed by atoms with E-state index < -0.39 is 38.5 Å². The Morgan fingerprint density at radius 1 is 1.39 bits per heavy atom. The molecule has 1 atom stereocenters. The van der Waals surface area contributed by atoms with Gasteiger partial charge in [-0.2, -0.15) is 0 Å². The highest BCUT2D eigenvalue weighted by Gasteiger charge is 2.31. The van der Waals surface area contributed by atoms with Crippen LogP contribution in [-0.4, -0.2) is 25.2 Å². The van der Waals surface area contributed by atoms with E-state index in [1.165, 1.54) is 23.9 Å². The van der Waals surface area contributed by atoms with E-state index in [0.29, 0.717) is 22.6 Å². The highest BCUT2D eigenvalue weighted by molar-refractivity contribution is 7.99. The normalized spacial score (nSPS) is 17.7. The fraction of sp³-hybridized carbons (Fsp3) is 0.214. The van der Waals surface area contributed by atoms with Gasteiger partial charge in [0.1, 0.15) is 10.7 Å². The Kier molecular flexibility index (Phi) is 4.17. The Morgan fingerprint density at radius 3 is 2.91 bits per heavy atom. The standard InChI is InChI=1S/C14H12FNO5S2/c15-9-3-1-2-8-10(5-7-22-13(8)9)16-23(19,20)11-4-6-21-12(11)14(17)18/h1-4,6,10,16H,5,7H2,(H,17,18). The van der Waals surface area contributed by atoms with E-state index in [1.807, 2.05) is 0 Å². The number of carboxylic acid groups (broad SMARTS) is 1. The number of aromatic carboxylic acids is 1. The summed E-state index contributed by atoms with van der Waals surface area (Å²) in [6.45, 7) is 0. The summed E-state index contributed by atoms with van der Waals surface area (Å²) < 4.78 is 45.9. The third-order valence-corrected chi connectivity index (χ3v) is 6.09. The SMILES string of the molecule is O=C(O)c1occc1S(=O)(=O)NC1CCSc2c(F)cccc21. The summed E-state index contributed by atoms with van der Waals surface area (Å²) in [5.41, 5.74) is 0.546. The van der Waals surface area contributed by atoms with Crippen LogP contribution in [0.15, 0.2) is 44.7 Å². The summed E-state index contributed by atoms with van der Waals surface area (Å²) in [5.74, 6) is -1.97. The van der Waals surface area contributed by atoms with Gasteiger partial charge in [-0.25, -0.2) is 22.3 Å². The van der Waals surface area contributed by atoms with Gasteiger partial charge in [-0.3, -0.25) is 0 Å². The number of furan rings is 1. The van der Waals surface area contributed by atoms with Crippen molar-refractivity contribution >= 4 is 27.8 Å². The molecule has 1 aliphatic rings. The van der Waals surface area contributed by atoms with Crippen LogP contribution in [0, 0.1) is 5.82 Å². The average molecular weight is 357 g/mol. The fourth-order valence-electron chi connectivity index (χ4n) is 2.42. The number of carboxylic acids is 1. The van der Waals surface area contributed by atoms with E-state index in [4.69, 9.17) is 9.52 Å². The first kappa shape index (κ1) is 16.0. The van der Waals surface area contributed by atoms with Crippen LogP contribution in [0.1, 0.15) is 28.6 Å². The minimum Gasteiger partial charge on any atom is -0.475 e. The Hall–Kier alpha value is -1.84. The molecular formula is C14H12FNO5S2. The molecule has 0 spiro atoms. The number of fused-ring (bicyclic) bond motifs is 1. The van der Waals surface area contributed by atoms with Gasteiger partial charge in [-0.1, -0.05) is 12.1 Å². The molecule has 0 amide bonds. The summed E-state index contributed by atoms with van der Waals surface area (Å²) >= 11 is 1.33. The van der Waals surface area contributed by atoms with E-state index in [9.17, 15) is 17.6 Å². The van der Waals surface area contributed by atoms with E-state index in [0.717, 1.165) is 12.3 Å². The molecule has 0 saturated heterocycles. The van der Waals surface area contributed by atoms with Gasteiger partial charge >= 0.3 is 5.97 Å². The van der Waals surface area contributed by atoms with Crippen LogP contribution in [0.3, 0.4) is 0 Å². The number of benzene rings is 1. The summed E-state index contributed by atoms with van der Waals surface area (Å²) in [5, 5.41) is 8.98. The lowest BCUT2D eigenvalue weighted by Crippen LogP contribution is -2.31. The van der Waals surface area contributed by atoms with Crippen molar-refractivity contribution in [3.05, 3.63) is 47.7 Å². The van der Waals surface area contributed by atoms with Crippen LogP contribution in [0.2, 0.25) is 0 Å². The fourth-order valence-corrected chi connectivity index (χ4v) is 4.93. The highest BCUT2D eigenvalue weighted by Crippen LogP contribution is 2.38. The van der Waals surface area contributed by atoms with Crippen molar-refractivity contribution < 1.29 is 27.1 Å². The number of carbonyl (C=O) groups is 1. The zero-order valence-electron chi connectivity index (χ0n) is 11.7. The van der Waals surface area contributed by atoms with Crippen LogP contribution in [-0.2, 0) is 10.0 Å². The quantitative estimate of drug-likeness (QED) is 0.873. The molecule has 1 aromatic carbocycles. The summed E-state index contributed by atoms with van der Waals surface area (Å²) in [6.07, 6.45) is 1.48. The number of sulfonamides is 1. The average Bonchev–Trinajstić information content (AvgIpc) is 2.99. The monoisotopic (exact) mass is 357 g/mol. The molecule has 2 aromatic rings. The van der Waals surface area contributed by atoms with Gasteiger partial charge in [-0.05, 0) is 29.9 Å². The number of nitrogens with one attached hydrogen (secondary N) is 1. The molecule has 0 bridgehead atoms. The molecular weight excluding hydrogens is 345 g/mol. The van der Waals surface area contributed by atoms with Gasteiger partial charge in [0.2, 0.25) is 15.8 Å². The maximum atomic E-state index is 13.8. The van der Waals surface area contributed by atoms with Gasteiger partial charge in [-0.15, -0.1) is 11.8 Å². The lowest BCUT2D eigenvalue weighted by Gasteiger charge is -2.25. The van der Waals surface area contributed by atoms with E-state index in [1.54, 1.807) is 6.07 Å². The molecule has 6 nitrogen and oxygen atoms in total. The molecule has 0 aliphatic carbocycles. The Balaban J connectivity index is 1.95. The van der Waals surface area contributed by atoms with E-state index >= 15 is 0 Å². The smallest absolute Gasteiger partial charge is 0.373 e. The van der Waals surface area contributed by atoms with Gasteiger partial charge in [0.25, 0.3) is 0 Å². The van der Waals surface area contributed by atoms with Gasteiger partial charge < -0.3 is 9.52 Å². The number of rotatable bonds is 4. The van der Waals surface area contributed by atoms with Crippen molar-refractivity contribution in [2.75, 3.05) is 5.75 Å². The molecule has 23 heavy (non-hydrogen) atoms. The summed E-state index contributed by atoms with van der Waals surface area (Å²) in [7, 11) is -4.10. The molecule has 122 valence electrons. The minimum absolute atomic E-state index is 0.397. The van der Waals surface area contributed by atoms with Gasteiger partial charge in [0, 0.05) is 10.9 Å². The predicted molar refractivity (Wildman–Crippen MR) is 80.5 cm³/mol. The van der Waals surface area contributed by atoms with E-state index in [-0.39, 0.29) is 0 Å². The first-order chi connectivity index (χ1) is 10.9. The second-order valence-corrected chi connectivity index (χ2v) is 7.68. The van der Waals surface area contributed by atoms with Crippen molar-refractivity contribution in [3.63, 3.8) is 0 Å². The van der Waals surface area contributed by atoms with Crippen molar-refractivity contribution in [1.29, 1.82) is 0 Å². The topological polar surface area (TPSA) is 96.6 Å². The molecule has 0 fully saturated rings. The Morgan fingerprint density at radius 2 is 2.17 bits per heavy atom. The van der Waals surface area contributed by atoms with Crippen LogP contribution in [0.5, 0.6) is 0 Å². The number of hydrogen-bond acceptors (Lipinski definition) is 5. The summed E-state index contributed by atoms with van der Waals surface area (Å²) in [4.78, 5) is 11.0. The first-order valence-electron chi connectivity index (χ1n) is 6.64. The van der Waals surface area contributed by atoms with Crippen molar-refractivity contribution in [1.82, 2.24) is 4.72 Å². The second-order valence-electron chi connectivity index (χ2n) is 4.89. The zero-order valence-corrected chi connectivity index (χ0v) is 13.3. The van der Waals surface area contributed by atoms with Gasteiger partial charge in [0.05, 0.1) is 6.26 Å². The molecule has 0 saturated carbocycles. The van der Waals surface area contributed by atoms with Crippen LogP contribution in [0.4, 0.5) is 4.39 Å². The maximum absolute atomic E-state index is 13.8. The Labute approximate surface area is 135 Å². The number of thioether (sulfide) groups is 1. The molecule has 2 N–H and O–H groups in total. The van der Waals surface area contributed by atoms with Crippen LogP contribution < -0.4 is 4.72 Å². The minimum atomic E-state index is -4.10. The molecule has 3 rings (SSSR count). The molecule has 0 radical (unpaired) electrons. The third-order valence-electron chi connectivity index (χ3n) is 3.44. The van der Waals surface area contributed by atoms with Crippen molar-refractivity contribution in [3.8, 4) is 0 Å². The second kappa shape index (κ2) is 5.99. The predicted octanol–water partition coefficient (Wildman–Crippen LogP) is 2.63. The Bertz CT molecular complexity index is 862. The maximum Gasteiger partial charge on any atom is 0.373 e. The molecule has 1 unspecified atom stereocenters. The van der Waals surface area contributed by atoms with Crippen LogP contribution >= 0.6 is 11.8 Å². The summed E-state index contributed by atoms with van der Waals surface area (Å²) in [6, 6.07) is 4.95. The van der Waals surface area contributed by atoms with Crippen molar-refractivity contribution in [2.24, 2.45) is 0 Å². The largest absolute Gasteiger partial charge is 0.475 e. The van der Waals surface area contributed by atoms with Crippen LogP contribution in [0.25, 0.3) is 0 Å². The highest BCUT2D eigenvalue weighted by atomic mass is 32.2. The lowest BCUT2D eigenvalue weighted by atomic mass is 10.0.